The fourth-order valence-corrected chi connectivity index (χ4v) is 0. The zero-order chi connectivity index (χ0) is 5.21. The predicted octanol–water partition coefficient (Wildman–Crippen LogP) is 2.42. The molecule has 0 aliphatic heterocycles. The van der Waals surface area contributed by atoms with Crippen molar-refractivity contribution in [2.45, 2.75) is 27.2 Å². The van der Waals surface area contributed by atoms with Crippen molar-refractivity contribution in [1.29, 1.82) is 0 Å². The Bertz CT molecular complexity index is 33.9. The molecule has 0 rings (SSSR count). The molecule has 0 unspecified atom stereocenters. The van der Waals surface area contributed by atoms with Crippen LogP contribution in [0, 0.1) is 12.3 Å². The van der Waals surface area contributed by atoms with E-state index >= 15 is 0 Å². The van der Waals surface area contributed by atoms with E-state index in [0.717, 1.165) is 6.42 Å². The lowest BCUT2D eigenvalue weighted by atomic mass is 9.94. The van der Waals surface area contributed by atoms with E-state index in [9.17, 15) is 0 Å². The van der Waals surface area contributed by atoms with Crippen molar-refractivity contribution in [3.05, 3.63) is 6.92 Å². The average Bonchev–Trinajstić information content (AvgIpc) is 1.35. The van der Waals surface area contributed by atoms with Gasteiger partial charge in [0, 0.05) is 0 Å². The second-order valence-electron chi connectivity index (χ2n) is 2.81. The Kier molecular flexibility index (Phi) is 4.35. The molecule has 0 saturated heterocycles. The van der Waals surface area contributed by atoms with Gasteiger partial charge in [0.2, 0.25) is 0 Å². The van der Waals surface area contributed by atoms with Crippen molar-refractivity contribution in [2.24, 2.45) is 5.41 Å². The summed E-state index contributed by atoms with van der Waals surface area (Å²) in [7, 11) is 0. The summed E-state index contributed by atoms with van der Waals surface area (Å²) < 4.78 is 0. The topological polar surface area (TPSA) is 35.0 Å². The summed E-state index contributed by atoms with van der Waals surface area (Å²) in [5, 5.41) is 0. The van der Waals surface area contributed by atoms with E-state index in [4.69, 9.17) is 0 Å². The fraction of sp³-hybridized carbons (Fsp3) is 0.833. The molecule has 0 amide bonds. The van der Waals surface area contributed by atoms with Gasteiger partial charge in [0.05, 0.1) is 0 Å². The van der Waals surface area contributed by atoms with Crippen molar-refractivity contribution in [3.8, 4) is 0 Å². The minimum atomic E-state index is 0. The summed E-state index contributed by atoms with van der Waals surface area (Å²) >= 11 is 0. The van der Waals surface area contributed by atoms with Gasteiger partial charge in [-0.15, -0.1) is 0 Å². The highest BCUT2D eigenvalue weighted by atomic mass is 14.1. The molecule has 0 aliphatic rings. The molecular weight excluding hydrogens is 86.1 g/mol. The maximum absolute atomic E-state index is 3.76. The normalized spacial score (nSPS) is 10.3. The molecule has 0 atom stereocenters. The minimum absolute atomic E-state index is 0. The minimum Gasteiger partial charge on any atom is -0.344 e. The summed E-state index contributed by atoms with van der Waals surface area (Å²) in [6.07, 6.45) is 1.02. The molecule has 1 heteroatoms. The van der Waals surface area contributed by atoms with Gasteiger partial charge < -0.3 is 6.15 Å². The van der Waals surface area contributed by atoms with Crippen molar-refractivity contribution in [1.82, 2.24) is 6.15 Å². The number of hydrogen-bond donors (Lipinski definition) is 1. The van der Waals surface area contributed by atoms with Crippen LogP contribution in [0.2, 0.25) is 0 Å². The highest BCUT2D eigenvalue weighted by molar-refractivity contribution is 4.60. The molecule has 7 heavy (non-hydrogen) atoms. The molecule has 3 N–H and O–H groups in total. The van der Waals surface area contributed by atoms with Gasteiger partial charge in [0.25, 0.3) is 0 Å². The van der Waals surface area contributed by atoms with Crippen molar-refractivity contribution in [2.75, 3.05) is 0 Å². The third-order valence-electron chi connectivity index (χ3n) is 0.750. The van der Waals surface area contributed by atoms with Crippen LogP contribution in [0.1, 0.15) is 27.2 Å². The number of hydrogen-bond acceptors (Lipinski definition) is 1. The van der Waals surface area contributed by atoms with Gasteiger partial charge in [-0.2, -0.15) is 0 Å². The molecule has 1 nitrogen and oxygen atoms in total. The van der Waals surface area contributed by atoms with E-state index in [-0.39, 0.29) is 6.15 Å². The summed E-state index contributed by atoms with van der Waals surface area (Å²) in [5.74, 6) is 0. The molecule has 0 saturated carbocycles. The lowest BCUT2D eigenvalue weighted by Crippen LogP contribution is -2.00. The van der Waals surface area contributed by atoms with Crippen molar-refractivity contribution < 1.29 is 0 Å². The Morgan fingerprint density at radius 3 is 1.43 bits per heavy atom. The van der Waals surface area contributed by atoms with Gasteiger partial charge in [-0.05, 0) is 11.8 Å². The Morgan fingerprint density at radius 2 is 1.43 bits per heavy atom. The SMILES string of the molecule is N.[CH2]CC(C)(C)C. The van der Waals surface area contributed by atoms with E-state index in [0.29, 0.717) is 5.41 Å². The summed E-state index contributed by atoms with van der Waals surface area (Å²) in [6.45, 7) is 10.3. The van der Waals surface area contributed by atoms with Crippen LogP contribution < -0.4 is 6.15 Å². The number of rotatable bonds is 0. The Hall–Kier alpha value is -0.0400. The van der Waals surface area contributed by atoms with Crippen LogP contribution in [0.4, 0.5) is 0 Å². The maximum atomic E-state index is 3.76. The van der Waals surface area contributed by atoms with Crippen LogP contribution in [-0.2, 0) is 0 Å². The molecule has 0 fully saturated rings. The smallest absolute Gasteiger partial charge is 0.0383 e. The van der Waals surface area contributed by atoms with Gasteiger partial charge in [0.1, 0.15) is 0 Å². The second-order valence-corrected chi connectivity index (χ2v) is 2.81. The molecular formula is C6H16N. The van der Waals surface area contributed by atoms with Crippen LogP contribution in [0.15, 0.2) is 0 Å². The molecule has 0 aromatic carbocycles. The van der Waals surface area contributed by atoms with Gasteiger partial charge in [0.15, 0.2) is 0 Å². The first-order valence-electron chi connectivity index (χ1n) is 2.35. The van der Waals surface area contributed by atoms with E-state index in [1.54, 1.807) is 0 Å². The first kappa shape index (κ1) is 10.0. The zero-order valence-electron chi connectivity index (χ0n) is 5.62. The summed E-state index contributed by atoms with van der Waals surface area (Å²) in [6, 6.07) is 0. The van der Waals surface area contributed by atoms with Gasteiger partial charge >= 0.3 is 0 Å². The highest BCUT2D eigenvalue weighted by Gasteiger charge is 2.03. The first-order chi connectivity index (χ1) is 2.56. The molecule has 0 bridgehead atoms. The molecule has 0 spiro atoms. The molecule has 0 aromatic heterocycles. The molecule has 0 heterocycles. The predicted molar refractivity (Wildman–Crippen MR) is 34.5 cm³/mol. The van der Waals surface area contributed by atoms with E-state index in [1.165, 1.54) is 0 Å². The largest absolute Gasteiger partial charge is 0.344 e. The molecule has 1 radical (unpaired) electrons. The molecule has 45 valence electrons. The molecule has 0 aromatic rings. The third-order valence-corrected chi connectivity index (χ3v) is 0.750. The van der Waals surface area contributed by atoms with Crippen LogP contribution in [0.5, 0.6) is 0 Å². The molecule has 0 aliphatic carbocycles. The van der Waals surface area contributed by atoms with E-state index in [2.05, 4.69) is 27.7 Å². The van der Waals surface area contributed by atoms with Crippen LogP contribution in [0.3, 0.4) is 0 Å². The van der Waals surface area contributed by atoms with E-state index in [1.807, 2.05) is 0 Å². The highest BCUT2D eigenvalue weighted by Crippen LogP contribution is 2.15. The summed E-state index contributed by atoms with van der Waals surface area (Å²) in [4.78, 5) is 0. The van der Waals surface area contributed by atoms with Gasteiger partial charge in [-0.3, -0.25) is 0 Å². The fourth-order valence-electron chi connectivity index (χ4n) is 0. The first-order valence-corrected chi connectivity index (χ1v) is 2.35. The van der Waals surface area contributed by atoms with Crippen LogP contribution >= 0.6 is 0 Å². The lowest BCUT2D eigenvalue weighted by Gasteiger charge is -2.12. The van der Waals surface area contributed by atoms with Crippen molar-refractivity contribution >= 4 is 0 Å². The van der Waals surface area contributed by atoms with Crippen molar-refractivity contribution in [3.63, 3.8) is 0 Å². The standard InChI is InChI=1S/C6H13.H3N/c1-5-6(2,3)4;/h1,5H2,2-4H3;1H3. The Morgan fingerprint density at radius 1 is 1.29 bits per heavy atom. The maximum Gasteiger partial charge on any atom is -0.0383 e. The Balaban J connectivity index is 0. The van der Waals surface area contributed by atoms with Crippen LogP contribution in [-0.4, -0.2) is 0 Å². The lowest BCUT2D eigenvalue weighted by molar-refractivity contribution is 0.419. The monoisotopic (exact) mass is 102 g/mol. The Labute approximate surface area is 46.7 Å². The zero-order valence-corrected chi connectivity index (χ0v) is 5.62. The van der Waals surface area contributed by atoms with Gasteiger partial charge in [-0.1, -0.05) is 27.7 Å². The third kappa shape index (κ3) is 10.7. The van der Waals surface area contributed by atoms with E-state index < -0.39 is 0 Å². The quantitative estimate of drug-likeness (QED) is 0.501. The average molecular weight is 102 g/mol. The van der Waals surface area contributed by atoms with Crippen LogP contribution in [0.25, 0.3) is 0 Å². The summed E-state index contributed by atoms with van der Waals surface area (Å²) in [5.41, 5.74) is 0.431. The van der Waals surface area contributed by atoms with Gasteiger partial charge in [-0.25, -0.2) is 0 Å². The second kappa shape index (κ2) is 3.03.